The maximum atomic E-state index is 11.3. The number of aromatic amines is 1. The molecule has 0 amide bonds. The Labute approximate surface area is 96.2 Å². The largest absolute Gasteiger partial charge is 0.504 e. The highest BCUT2D eigenvalue weighted by molar-refractivity contribution is 5.55. The van der Waals surface area contributed by atoms with Crippen LogP contribution in [0.3, 0.4) is 0 Å². The number of methoxy groups -OCH3 is 1. The predicted molar refractivity (Wildman–Crippen MR) is 62.3 cm³/mol. The molecule has 0 saturated carbocycles. The van der Waals surface area contributed by atoms with E-state index in [1.807, 2.05) is 0 Å². The minimum atomic E-state index is -0.484. The molecule has 0 spiro atoms. The summed E-state index contributed by atoms with van der Waals surface area (Å²) in [7, 11) is 1.45. The number of phenolic OH excluding ortho intramolecular Hbond substituents is 1. The van der Waals surface area contributed by atoms with Crippen LogP contribution in [0.2, 0.25) is 0 Å². The predicted octanol–water partition coefficient (Wildman–Crippen LogP) is -0.0788. The maximum Gasteiger partial charge on any atom is 0.365 e. The molecule has 0 fully saturated rings. The molecule has 2 rings (SSSR count). The van der Waals surface area contributed by atoms with Crippen molar-refractivity contribution < 1.29 is 14.4 Å². The summed E-state index contributed by atoms with van der Waals surface area (Å²) in [5, 5.41) is 12.6. The van der Waals surface area contributed by atoms with Crippen LogP contribution in [-0.2, 0) is 0 Å². The molecule has 88 valence electrons. The first-order valence-electron chi connectivity index (χ1n) is 4.87. The van der Waals surface area contributed by atoms with E-state index in [0.717, 1.165) is 0 Å². The number of aromatic hydroxyl groups is 1. The summed E-state index contributed by atoms with van der Waals surface area (Å²) in [5.74, 6) is 0.380. The molecule has 0 aliphatic heterocycles. The van der Waals surface area contributed by atoms with Gasteiger partial charge >= 0.3 is 5.63 Å². The zero-order chi connectivity index (χ0) is 12.4. The summed E-state index contributed by atoms with van der Waals surface area (Å²) in [6, 6.07) is 4.76. The number of ether oxygens (including phenoxy) is 1. The fraction of sp³-hybridized carbons (Fsp3) is 0.0833. The summed E-state index contributed by atoms with van der Waals surface area (Å²) in [6.07, 6.45) is 1.60. The van der Waals surface area contributed by atoms with Crippen molar-refractivity contribution in [2.45, 2.75) is 0 Å². The SMILES string of the molecule is C=c1[nH]oc(=O)c1=Cc1ccc(O)c(OC)c1. The second kappa shape index (κ2) is 4.21. The van der Waals surface area contributed by atoms with Gasteiger partial charge in [-0.05, 0) is 23.8 Å². The quantitative estimate of drug-likeness (QED) is 0.760. The van der Waals surface area contributed by atoms with Crippen molar-refractivity contribution in [1.29, 1.82) is 0 Å². The van der Waals surface area contributed by atoms with E-state index in [-0.39, 0.29) is 5.75 Å². The van der Waals surface area contributed by atoms with Crippen LogP contribution >= 0.6 is 0 Å². The van der Waals surface area contributed by atoms with E-state index in [0.29, 0.717) is 21.9 Å². The molecule has 1 aromatic carbocycles. The molecule has 0 bridgehead atoms. The van der Waals surface area contributed by atoms with Gasteiger partial charge in [0.05, 0.1) is 17.7 Å². The maximum absolute atomic E-state index is 11.3. The molecule has 1 heterocycles. The third-order valence-corrected chi connectivity index (χ3v) is 2.33. The Bertz CT molecular complexity index is 666. The van der Waals surface area contributed by atoms with Gasteiger partial charge in [-0.3, -0.25) is 0 Å². The molecule has 17 heavy (non-hydrogen) atoms. The molecule has 0 radical (unpaired) electrons. The van der Waals surface area contributed by atoms with Gasteiger partial charge < -0.3 is 14.4 Å². The lowest BCUT2D eigenvalue weighted by Crippen LogP contribution is -2.31. The molecule has 1 aromatic heterocycles. The van der Waals surface area contributed by atoms with Crippen molar-refractivity contribution in [3.8, 4) is 11.5 Å². The number of hydrogen-bond acceptors (Lipinski definition) is 4. The van der Waals surface area contributed by atoms with Gasteiger partial charge in [-0.2, -0.15) is 0 Å². The number of hydrogen-bond donors (Lipinski definition) is 2. The average molecular weight is 233 g/mol. The number of benzene rings is 1. The van der Waals surface area contributed by atoms with E-state index in [4.69, 9.17) is 4.74 Å². The fourth-order valence-corrected chi connectivity index (χ4v) is 1.44. The normalized spacial score (nSPS) is 11.7. The molecule has 2 N–H and O–H groups in total. The summed E-state index contributed by atoms with van der Waals surface area (Å²) >= 11 is 0. The fourth-order valence-electron chi connectivity index (χ4n) is 1.44. The van der Waals surface area contributed by atoms with Gasteiger partial charge in [0.15, 0.2) is 11.5 Å². The number of nitrogens with one attached hydrogen (secondary N) is 1. The molecule has 0 aliphatic rings. The zero-order valence-corrected chi connectivity index (χ0v) is 9.19. The molecule has 0 saturated heterocycles. The summed E-state index contributed by atoms with van der Waals surface area (Å²) < 4.78 is 9.56. The second-order valence-corrected chi connectivity index (χ2v) is 3.46. The number of aromatic nitrogens is 1. The Kier molecular flexibility index (Phi) is 2.74. The smallest absolute Gasteiger partial charge is 0.365 e. The van der Waals surface area contributed by atoms with E-state index in [9.17, 15) is 9.90 Å². The van der Waals surface area contributed by atoms with E-state index in [2.05, 4.69) is 16.3 Å². The molecule has 2 aromatic rings. The van der Waals surface area contributed by atoms with Crippen LogP contribution in [-0.4, -0.2) is 17.4 Å². The monoisotopic (exact) mass is 233 g/mol. The Balaban J connectivity index is 2.61. The summed E-state index contributed by atoms with van der Waals surface area (Å²) in [6.45, 7) is 3.64. The molecular weight excluding hydrogens is 222 g/mol. The van der Waals surface area contributed by atoms with Crippen molar-refractivity contribution in [2.24, 2.45) is 0 Å². The van der Waals surface area contributed by atoms with Crippen LogP contribution in [0.5, 0.6) is 11.5 Å². The van der Waals surface area contributed by atoms with Gasteiger partial charge in [0.1, 0.15) is 0 Å². The lowest BCUT2D eigenvalue weighted by molar-refractivity contribution is 0.373. The van der Waals surface area contributed by atoms with E-state index in [1.165, 1.54) is 13.2 Å². The van der Waals surface area contributed by atoms with Gasteiger partial charge in [-0.1, -0.05) is 12.6 Å². The van der Waals surface area contributed by atoms with Crippen molar-refractivity contribution in [3.05, 3.63) is 44.8 Å². The first kappa shape index (κ1) is 11.1. The number of H-pyrrole nitrogens is 1. The van der Waals surface area contributed by atoms with Crippen molar-refractivity contribution in [2.75, 3.05) is 7.11 Å². The minimum Gasteiger partial charge on any atom is -0.504 e. The highest BCUT2D eigenvalue weighted by Crippen LogP contribution is 2.26. The Hall–Kier alpha value is -2.43. The number of phenols is 1. The highest BCUT2D eigenvalue weighted by atomic mass is 16.5. The molecule has 5 heteroatoms. The Morgan fingerprint density at radius 1 is 1.53 bits per heavy atom. The Morgan fingerprint density at radius 3 is 2.88 bits per heavy atom. The van der Waals surface area contributed by atoms with Gasteiger partial charge in [0.25, 0.3) is 0 Å². The molecular formula is C12H11NO4. The molecule has 0 aliphatic carbocycles. The van der Waals surface area contributed by atoms with Gasteiger partial charge in [-0.15, -0.1) is 0 Å². The van der Waals surface area contributed by atoms with Crippen molar-refractivity contribution in [1.82, 2.24) is 5.16 Å². The van der Waals surface area contributed by atoms with Crippen LogP contribution in [0.1, 0.15) is 5.56 Å². The zero-order valence-electron chi connectivity index (χ0n) is 9.19. The summed E-state index contributed by atoms with van der Waals surface area (Å²) in [4.78, 5) is 11.3. The van der Waals surface area contributed by atoms with E-state index in [1.54, 1.807) is 18.2 Å². The topological polar surface area (TPSA) is 75.5 Å². The van der Waals surface area contributed by atoms with E-state index < -0.39 is 5.63 Å². The lowest BCUT2D eigenvalue weighted by Gasteiger charge is -2.03. The van der Waals surface area contributed by atoms with Crippen LogP contribution in [0.4, 0.5) is 0 Å². The second-order valence-electron chi connectivity index (χ2n) is 3.46. The first-order chi connectivity index (χ1) is 8.11. The standard InChI is InChI=1S/C12H11NO4/c1-7-9(12(15)17-13-7)5-8-3-4-10(14)11(6-8)16-2/h3-6,13-14H,1H2,2H3. The highest BCUT2D eigenvalue weighted by Gasteiger charge is 2.02. The van der Waals surface area contributed by atoms with Gasteiger partial charge in [0, 0.05) is 0 Å². The third-order valence-electron chi connectivity index (χ3n) is 2.33. The lowest BCUT2D eigenvalue weighted by atomic mass is 10.1. The number of rotatable bonds is 2. The van der Waals surface area contributed by atoms with Crippen LogP contribution < -0.4 is 20.9 Å². The first-order valence-corrected chi connectivity index (χ1v) is 4.87. The minimum absolute atomic E-state index is 0.0422. The van der Waals surface area contributed by atoms with Crippen LogP contribution in [0, 0.1) is 0 Å². The average Bonchev–Trinajstić information content (AvgIpc) is 2.63. The van der Waals surface area contributed by atoms with Gasteiger partial charge in [0.2, 0.25) is 0 Å². The third kappa shape index (κ3) is 2.08. The van der Waals surface area contributed by atoms with Crippen LogP contribution in [0.15, 0.2) is 27.5 Å². The molecule has 0 unspecified atom stereocenters. The Morgan fingerprint density at radius 2 is 2.29 bits per heavy atom. The van der Waals surface area contributed by atoms with Crippen molar-refractivity contribution in [3.63, 3.8) is 0 Å². The summed E-state index contributed by atoms with van der Waals surface area (Å²) in [5.41, 5.74) is 0.221. The molecule has 5 nitrogen and oxygen atoms in total. The van der Waals surface area contributed by atoms with Gasteiger partial charge in [-0.25, -0.2) is 9.95 Å². The van der Waals surface area contributed by atoms with Crippen molar-refractivity contribution >= 4 is 12.7 Å². The van der Waals surface area contributed by atoms with E-state index >= 15 is 0 Å². The molecule has 0 atom stereocenters. The van der Waals surface area contributed by atoms with Crippen LogP contribution in [0.25, 0.3) is 12.7 Å².